The summed E-state index contributed by atoms with van der Waals surface area (Å²) < 4.78 is 13.3. The highest BCUT2D eigenvalue weighted by Crippen LogP contribution is 2.42. The number of hydrogen-bond acceptors (Lipinski definition) is 6. The molecule has 63 heavy (non-hydrogen) atoms. The zero-order chi connectivity index (χ0) is 44.3. The van der Waals surface area contributed by atoms with E-state index in [0.29, 0.717) is 12.8 Å². The minimum Gasteiger partial charge on any atom is -0.354 e. The Labute approximate surface area is 368 Å². The summed E-state index contributed by atoms with van der Waals surface area (Å²) in [5.41, 5.74) is 3.66. The zero-order valence-corrected chi connectivity index (χ0v) is 35.7. The lowest BCUT2D eigenvalue weighted by Gasteiger charge is -2.19. The van der Waals surface area contributed by atoms with Crippen molar-refractivity contribution in [1.82, 2.24) is 31.5 Å². The van der Waals surface area contributed by atoms with Crippen molar-refractivity contribution in [3.63, 3.8) is 0 Å². The van der Waals surface area contributed by atoms with Crippen LogP contribution in [0.1, 0.15) is 101 Å². The molecule has 13 heteroatoms. The Hall–Kier alpha value is -6.37. The van der Waals surface area contributed by atoms with E-state index in [0.717, 1.165) is 48.8 Å². The second-order valence-corrected chi connectivity index (χ2v) is 17.0. The molecule has 5 N–H and O–H groups in total. The summed E-state index contributed by atoms with van der Waals surface area (Å²) in [5.74, 6) is -3.55. The number of benzene rings is 4. The Balaban J connectivity index is 0.961. The maximum atomic E-state index is 14.0. The van der Waals surface area contributed by atoms with Crippen LogP contribution in [0, 0.1) is 17.7 Å². The predicted molar refractivity (Wildman–Crippen MR) is 237 cm³/mol. The van der Waals surface area contributed by atoms with Crippen molar-refractivity contribution in [1.29, 1.82) is 0 Å². The summed E-state index contributed by atoms with van der Waals surface area (Å²) >= 11 is 0. The summed E-state index contributed by atoms with van der Waals surface area (Å²) in [5, 5.41) is 14.6. The monoisotopic (exact) mass is 856 g/mol. The number of likely N-dealkylation sites (tertiary alicyclic amines) is 1. The molecule has 3 aliphatic rings. The number of carbonyl (C=O) groups excluding carboxylic acids is 6. The molecule has 0 bridgehead atoms. The molecule has 7 atom stereocenters. The maximum Gasteiger partial charge on any atom is 0.253 e. The Morgan fingerprint density at radius 3 is 1.78 bits per heavy atom. The van der Waals surface area contributed by atoms with Gasteiger partial charge in [-0.1, -0.05) is 99.0 Å². The highest BCUT2D eigenvalue weighted by molar-refractivity contribution is 5.99. The van der Waals surface area contributed by atoms with Crippen molar-refractivity contribution in [3.8, 4) is 0 Å². The molecular weight excluding hydrogens is 800 g/mol. The molecule has 12 nitrogen and oxygen atoms in total. The third-order valence-electron chi connectivity index (χ3n) is 12.4. The van der Waals surface area contributed by atoms with Crippen LogP contribution in [0.5, 0.6) is 0 Å². The molecule has 2 saturated carbocycles. The van der Waals surface area contributed by atoms with Crippen LogP contribution in [0.3, 0.4) is 0 Å². The van der Waals surface area contributed by atoms with E-state index in [2.05, 4.69) is 33.5 Å². The van der Waals surface area contributed by atoms with Crippen molar-refractivity contribution in [2.24, 2.45) is 11.8 Å². The molecule has 4 aromatic carbocycles. The van der Waals surface area contributed by atoms with Crippen molar-refractivity contribution < 1.29 is 33.2 Å². The summed E-state index contributed by atoms with van der Waals surface area (Å²) in [4.78, 5) is 82.6. The fraction of sp³-hybridized carbons (Fsp3) is 0.400. The summed E-state index contributed by atoms with van der Waals surface area (Å²) in [6.45, 7) is 2.28. The molecule has 7 rings (SSSR count). The second-order valence-electron chi connectivity index (χ2n) is 17.0. The van der Waals surface area contributed by atoms with Crippen LogP contribution in [-0.4, -0.2) is 84.6 Å². The minimum atomic E-state index is -1.04. The quantitative estimate of drug-likeness (QED) is 0.0748. The van der Waals surface area contributed by atoms with Gasteiger partial charge in [-0.15, -0.1) is 0 Å². The lowest BCUT2D eigenvalue weighted by atomic mass is 9.94. The van der Waals surface area contributed by atoms with E-state index in [1.807, 2.05) is 60.7 Å². The number of unbranched alkanes of at least 4 members (excludes halogenated alkanes) is 3. The van der Waals surface area contributed by atoms with Crippen molar-refractivity contribution in [2.75, 3.05) is 26.2 Å². The molecule has 0 unspecified atom stereocenters. The summed E-state index contributed by atoms with van der Waals surface area (Å²) in [7, 11) is 0. The SMILES string of the molecule is CCCCCCC(=O)N[C@@H](CNC(=O)c1ccc(C(=O)N2C[C@@H](C(=O)N[C@H]3C[C@@H]3c3ccccc3)[C@H](C(=O)N[C@H]3C[C@@H]3c3ccccc3)C2)cc1)C(=O)NCCc1ccc(F)cc1. The van der Waals surface area contributed by atoms with Gasteiger partial charge in [0.1, 0.15) is 11.9 Å². The molecular formula is C50H57FN6O6. The van der Waals surface area contributed by atoms with Crippen molar-refractivity contribution in [3.05, 3.63) is 143 Å². The molecule has 0 radical (unpaired) electrons. The molecule has 1 saturated heterocycles. The van der Waals surface area contributed by atoms with Gasteiger partial charge in [0, 0.05) is 67.6 Å². The first-order valence-corrected chi connectivity index (χ1v) is 22.3. The second kappa shape index (κ2) is 21.1. The van der Waals surface area contributed by atoms with Gasteiger partial charge in [-0.25, -0.2) is 4.39 Å². The van der Waals surface area contributed by atoms with E-state index >= 15 is 0 Å². The van der Waals surface area contributed by atoms with Crippen LogP contribution in [0.2, 0.25) is 0 Å². The number of halogens is 1. The Morgan fingerprint density at radius 2 is 1.22 bits per heavy atom. The van der Waals surface area contributed by atoms with Gasteiger partial charge >= 0.3 is 0 Å². The van der Waals surface area contributed by atoms with E-state index in [9.17, 15) is 33.2 Å². The van der Waals surface area contributed by atoms with Gasteiger partial charge in [0.15, 0.2) is 0 Å². The van der Waals surface area contributed by atoms with Crippen LogP contribution in [0.25, 0.3) is 0 Å². The van der Waals surface area contributed by atoms with Crippen LogP contribution < -0.4 is 26.6 Å². The maximum absolute atomic E-state index is 14.0. The summed E-state index contributed by atoms with van der Waals surface area (Å²) in [6, 6.07) is 30.9. The van der Waals surface area contributed by atoms with Crippen LogP contribution >= 0.6 is 0 Å². The van der Waals surface area contributed by atoms with Gasteiger partial charge in [-0.2, -0.15) is 0 Å². The Bertz CT molecular complexity index is 2150. The van der Waals surface area contributed by atoms with Crippen LogP contribution in [-0.2, 0) is 25.6 Å². The van der Waals surface area contributed by atoms with Crippen molar-refractivity contribution in [2.45, 2.75) is 88.3 Å². The highest BCUT2D eigenvalue weighted by atomic mass is 19.1. The first kappa shape index (κ1) is 44.7. The number of nitrogens with zero attached hydrogens (tertiary/aromatic N) is 1. The largest absolute Gasteiger partial charge is 0.354 e. The first-order chi connectivity index (χ1) is 30.6. The Morgan fingerprint density at radius 1 is 0.667 bits per heavy atom. The van der Waals surface area contributed by atoms with E-state index in [1.165, 1.54) is 41.3 Å². The molecule has 1 aliphatic heterocycles. The number of amides is 6. The molecule has 6 amide bonds. The number of rotatable bonds is 20. The predicted octanol–water partition coefficient (Wildman–Crippen LogP) is 5.40. The van der Waals surface area contributed by atoms with Gasteiger partial charge in [-0.05, 0) is 78.8 Å². The first-order valence-electron chi connectivity index (χ1n) is 22.3. The third kappa shape index (κ3) is 12.2. The molecule has 0 aromatic heterocycles. The van der Waals surface area contributed by atoms with Gasteiger partial charge in [-0.3, -0.25) is 28.8 Å². The zero-order valence-electron chi connectivity index (χ0n) is 35.7. The summed E-state index contributed by atoms with van der Waals surface area (Å²) in [6.07, 6.45) is 5.91. The van der Waals surface area contributed by atoms with Gasteiger partial charge in [0.2, 0.25) is 23.6 Å². The molecule has 4 aromatic rings. The Kier molecular flexibility index (Phi) is 15.0. The average molecular weight is 857 g/mol. The highest BCUT2D eigenvalue weighted by Gasteiger charge is 2.49. The number of hydrogen-bond donors (Lipinski definition) is 5. The molecule has 0 spiro atoms. The molecule has 3 fully saturated rings. The van der Waals surface area contributed by atoms with Gasteiger partial charge < -0.3 is 31.5 Å². The number of nitrogens with one attached hydrogen (secondary N) is 5. The van der Waals surface area contributed by atoms with E-state index in [-0.39, 0.29) is 97.1 Å². The van der Waals surface area contributed by atoms with Crippen molar-refractivity contribution >= 4 is 35.4 Å². The van der Waals surface area contributed by atoms with Gasteiger partial charge in [0.05, 0.1) is 11.8 Å². The molecule has 330 valence electrons. The average Bonchev–Trinajstić information content (AvgIpc) is 4.21. The third-order valence-corrected chi connectivity index (χ3v) is 12.4. The minimum absolute atomic E-state index is 0.0396. The topological polar surface area (TPSA) is 166 Å². The van der Waals surface area contributed by atoms with Crippen LogP contribution in [0.4, 0.5) is 4.39 Å². The lowest BCUT2D eigenvalue weighted by Crippen LogP contribution is -2.52. The van der Waals surface area contributed by atoms with E-state index in [1.54, 1.807) is 12.1 Å². The number of carbonyl (C=O) groups is 6. The van der Waals surface area contributed by atoms with E-state index < -0.39 is 29.7 Å². The fourth-order valence-corrected chi connectivity index (χ4v) is 8.46. The lowest BCUT2D eigenvalue weighted by molar-refractivity contribution is -0.133. The standard InChI is InChI=1S/C50H57FN6O6/c1-2-3-4-11-16-45(58)54-44(49(62)52-26-25-32-17-23-37(51)24-18-32)29-53-46(59)35-19-21-36(22-20-35)50(63)57-30-40(47(60)55-42-27-38(42)33-12-7-5-8-13-33)41(31-57)48(61)56-43-28-39(43)34-14-9-6-10-15-34/h5-10,12-15,17-24,38-44H,2-4,11,16,25-31H2,1H3,(H,52,62)(H,53,59)(H,54,58)(H,55,60)(H,56,61)/t38-,39-,40-,41-,42+,43+,44+/m1/s1. The van der Waals surface area contributed by atoms with Gasteiger partial charge in [0.25, 0.3) is 11.8 Å². The van der Waals surface area contributed by atoms with Crippen LogP contribution in [0.15, 0.2) is 109 Å². The molecule has 2 aliphatic carbocycles. The fourth-order valence-electron chi connectivity index (χ4n) is 8.46. The molecule has 1 heterocycles. The normalized spacial score (nSPS) is 21.4. The van der Waals surface area contributed by atoms with E-state index in [4.69, 9.17) is 0 Å². The smallest absolute Gasteiger partial charge is 0.253 e.